The molecule has 0 saturated heterocycles. The van der Waals surface area contributed by atoms with Crippen molar-refractivity contribution in [2.75, 3.05) is 0 Å². The Bertz CT molecular complexity index is 4130. The lowest BCUT2D eigenvalue weighted by atomic mass is 9.83. The van der Waals surface area contributed by atoms with Crippen molar-refractivity contribution in [2.24, 2.45) is 0 Å². The van der Waals surface area contributed by atoms with Crippen LogP contribution in [0.2, 0.25) is 0 Å². The molecule has 2 heterocycles. The zero-order chi connectivity index (χ0) is 41.9. The zero-order valence-corrected chi connectivity index (χ0v) is 35.4. The van der Waals surface area contributed by atoms with Crippen molar-refractivity contribution in [3.63, 3.8) is 0 Å². The summed E-state index contributed by atoms with van der Waals surface area (Å²) in [6, 6.07) is 80.5. The van der Waals surface area contributed by atoms with Crippen LogP contribution in [0.3, 0.4) is 0 Å². The van der Waals surface area contributed by atoms with E-state index in [1.807, 2.05) is 11.3 Å². The van der Waals surface area contributed by atoms with Gasteiger partial charge < -0.3 is 4.42 Å². The second-order valence-electron chi connectivity index (χ2n) is 17.0. The summed E-state index contributed by atoms with van der Waals surface area (Å²) in [5, 5.41) is 17.4. The number of hydrogen-bond donors (Lipinski definition) is 0. The second-order valence-corrected chi connectivity index (χ2v) is 18.1. The number of thiophene rings is 1. The average molecular weight is 829 g/mol. The number of furan rings is 1. The highest BCUT2D eigenvalue weighted by molar-refractivity contribution is 7.26. The molecule has 12 aromatic carbocycles. The highest BCUT2D eigenvalue weighted by Crippen LogP contribution is 2.52. The summed E-state index contributed by atoms with van der Waals surface area (Å²) in [7, 11) is 0. The van der Waals surface area contributed by atoms with Crippen LogP contribution in [0.25, 0.3) is 140 Å². The van der Waals surface area contributed by atoms with Crippen LogP contribution in [-0.2, 0) is 0 Å². The molecular formula is C62H36OS. The minimum absolute atomic E-state index is 0.905. The van der Waals surface area contributed by atoms with E-state index >= 15 is 0 Å². The van der Waals surface area contributed by atoms with Crippen molar-refractivity contribution in [2.45, 2.75) is 0 Å². The fraction of sp³-hybridized carbons (Fsp3) is 0. The standard InChI is InChI=1S/C62H36OS/c1-2-17-38(18-3-1)56-41-20-6-10-24-45(41)58(46-25-11-7-21-42(46)56)49-28-14-30-54-61(49)62-50(29-15-31-55(62)64-54)59-47-26-12-8-22-43(47)57(44-23-9-13-27-48(44)59)39-33-34-52-51(36-39)60-40-19-5-4-16-37(40)32-35-53(60)63-52/h1-36H. The van der Waals surface area contributed by atoms with Crippen LogP contribution in [-0.4, -0.2) is 0 Å². The Morgan fingerprint density at radius 3 is 1.23 bits per heavy atom. The lowest BCUT2D eigenvalue weighted by molar-refractivity contribution is 0.669. The Balaban J connectivity index is 1.07. The van der Waals surface area contributed by atoms with E-state index in [1.165, 1.54) is 124 Å². The SMILES string of the molecule is c1ccc(-c2c3ccccc3c(-c3cccc4sc5cccc(-c6c7ccccc7c(-c7ccc8oc9ccc%10ccccc%10c9c8c7)c7ccccc67)c5c34)c3ccccc23)cc1. The molecule has 0 radical (unpaired) electrons. The fourth-order valence-corrected chi connectivity index (χ4v) is 12.2. The molecule has 14 aromatic rings. The first-order valence-corrected chi connectivity index (χ1v) is 22.8. The summed E-state index contributed by atoms with van der Waals surface area (Å²) >= 11 is 1.90. The molecule has 296 valence electrons. The molecule has 0 fully saturated rings. The van der Waals surface area contributed by atoms with Crippen molar-refractivity contribution in [3.05, 3.63) is 218 Å². The molecular weight excluding hydrogens is 793 g/mol. The highest BCUT2D eigenvalue weighted by atomic mass is 32.1. The predicted octanol–water partition coefficient (Wildman–Crippen LogP) is 18.4. The van der Waals surface area contributed by atoms with Gasteiger partial charge in [0.25, 0.3) is 0 Å². The lowest BCUT2D eigenvalue weighted by Crippen LogP contribution is -1.92. The quantitative estimate of drug-likeness (QED) is 0.161. The van der Waals surface area contributed by atoms with Gasteiger partial charge in [0.2, 0.25) is 0 Å². The van der Waals surface area contributed by atoms with Crippen LogP contribution < -0.4 is 0 Å². The van der Waals surface area contributed by atoms with E-state index in [-0.39, 0.29) is 0 Å². The van der Waals surface area contributed by atoms with Crippen LogP contribution in [0.1, 0.15) is 0 Å². The number of fused-ring (bicyclic) bond motifs is 12. The largest absolute Gasteiger partial charge is 0.456 e. The third kappa shape index (κ3) is 5.06. The molecule has 14 rings (SSSR count). The molecule has 2 aromatic heterocycles. The molecule has 0 spiro atoms. The molecule has 0 aliphatic rings. The van der Waals surface area contributed by atoms with Gasteiger partial charge in [-0.15, -0.1) is 11.3 Å². The van der Waals surface area contributed by atoms with E-state index < -0.39 is 0 Å². The van der Waals surface area contributed by atoms with E-state index in [2.05, 4.69) is 218 Å². The minimum Gasteiger partial charge on any atom is -0.456 e. The van der Waals surface area contributed by atoms with Crippen molar-refractivity contribution in [3.8, 4) is 44.5 Å². The first kappa shape index (κ1) is 35.5. The van der Waals surface area contributed by atoms with Crippen LogP contribution in [0.15, 0.2) is 223 Å². The van der Waals surface area contributed by atoms with E-state index in [1.54, 1.807) is 0 Å². The van der Waals surface area contributed by atoms with Crippen LogP contribution in [0.5, 0.6) is 0 Å². The Morgan fingerprint density at radius 1 is 0.266 bits per heavy atom. The highest BCUT2D eigenvalue weighted by Gasteiger charge is 2.24. The maximum absolute atomic E-state index is 6.49. The summed E-state index contributed by atoms with van der Waals surface area (Å²) in [6.07, 6.45) is 0. The van der Waals surface area contributed by atoms with E-state index in [0.29, 0.717) is 0 Å². The molecule has 0 atom stereocenters. The molecule has 0 aliphatic heterocycles. The molecule has 0 saturated carbocycles. The summed E-state index contributed by atoms with van der Waals surface area (Å²) < 4.78 is 9.07. The smallest absolute Gasteiger partial charge is 0.136 e. The van der Waals surface area contributed by atoms with Gasteiger partial charge in [0, 0.05) is 30.9 Å². The van der Waals surface area contributed by atoms with Crippen LogP contribution >= 0.6 is 11.3 Å². The molecule has 64 heavy (non-hydrogen) atoms. The van der Waals surface area contributed by atoms with Crippen molar-refractivity contribution in [1.82, 2.24) is 0 Å². The third-order valence-electron chi connectivity index (χ3n) is 13.6. The number of hydrogen-bond acceptors (Lipinski definition) is 2. The Hall–Kier alpha value is -8.04. The van der Waals surface area contributed by atoms with Gasteiger partial charge in [-0.2, -0.15) is 0 Å². The molecule has 0 aliphatic carbocycles. The van der Waals surface area contributed by atoms with Gasteiger partial charge in [-0.25, -0.2) is 0 Å². The predicted molar refractivity (Wildman–Crippen MR) is 276 cm³/mol. The van der Waals surface area contributed by atoms with Crippen molar-refractivity contribution < 1.29 is 4.42 Å². The summed E-state index contributed by atoms with van der Waals surface area (Å²) in [5.41, 5.74) is 11.8. The fourth-order valence-electron chi connectivity index (χ4n) is 11.0. The number of benzene rings is 12. The Labute approximate surface area is 372 Å². The molecule has 0 bridgehead atoms. The normalized spacial score (nSPS) is 12.1. The summed E-state index contributed by atoms with van der Waals surface area (Å²) in [6.45, 7) is 0. The minimum atomic E-state index is 0.905. The summed E-state index contributed by atoms with van der Waals surface area (Å²) in [4.78, 5) is 0. The van der Waals surface area contributed by atoms with E-state index in [9.17, 15) is 0 Å². The van der Waals surface area contributed by atoms with E-state index in [4.69, 9.17) is 4.42 Å². The molecule has 0 unspecified atom stereocenters. The first-order valence-electron chi connectivity index (χ1n) is 22.0. The van der Waals surface area contributed by atoms with Gasteiger partial charge in [0.15, 0.2) is 0 Å². The Kier molecular flexibility index (Phi) is 7.63. The Morgan fingerprint density at radius 2 is 0.703 bits per heavy atom. The molecule has 0 amide bonds. The lowest BCUT2D eigenvalue weighted by Gasteiger charge is -2.20. The molecule has 2 heteroatoms. The third-order valence-corrected chi connectivity index (χ3v) is 14.8. The van der Waals surface area contributed by atoms with Gasteiger partial charge in [0.05, 0.1) is 0 Å². The van der Waals surface area contributed by atoms with Gasteiger partial charge in [-0.3, -0.25) is 0 Å². The van der Waals surface area contributed by atoms with Gasteiger partial charge in [0.1, 0.15) is 11.2 Å². The van der Waals surface area contributed by atoms with Gasteiger partial charge in [-0.05, 0) is 129 Å². The topological polar surface area (TPSA) is 13.1 Å². The molecule has 1 nitrogen and oxygen atoms in total. The van der Waals surface area contributed by atoms with Crippen molar-refractivity contribution in [1.29, 1.82) is 0 Å². The van der Waals surface area contributed by atoms with Crippen LogP contribution in [0.4, 0.5) is 0 Å². The summed E-state index contributed by atoms with van der Waals surface area (Å²) in [5.74, 6) is 0. The zero-order valence-electron chi connectivity index (χ0n) is 34.6. The average Bonchev–Trinajstić information content (AvgIpc) is 3.94. The maximum Gasteiger partial charge on any atom is 0.136 e. The first-order chi connectivity index (χ1) is 31.8. The number of rotatable bonds is 4. The van der Waals surface area contributed by atoms with Gasteiger partial charge >= 0.3 is 0 Å². The van der Waals surface area contributed by atoms with Crippen LogP contribution in [0, 0.1) is 0 Å². The maximum atomic E-state index is 6.49. The van der Waals surface area contributed by atoms with Gasteiger partial charge in [-0.1, -0.05) is 188 Å². The van der Waals surface area contributed by atoms with E-state index in [0.717, 1.165) is 16.6 Å². The second kappa shape index (κ2) is 13.7. The molecule has 0 N–H and O–H groups in total. The monoisotopic (exact) mass is 828 g/mol. The van der Waals surface area contributed by atoms with Crippen molar-refractivity contribution >= 4 is 107 Å².